The van der Waals surface area contributed by atoms with Crippen LogP contribution >= 0.6 is 0 Å². The van der Waals surface area contributed by atoms with Crippen LogP contribution in [-0.2, 0) is 15.7 Å². The van der Waals surface area contributed by atoms with Crippen molar-refractivity contribution in [3.05, 3.63) is 119 Å². The molecule has 1 saturated heterocycles. The highest BCUT2D eigenvalue weighted by Gasteiger charge is 2.54. The minimum Gasteiger partial charge on any atom is -0.336 e. The maximum atomic E-state index is 15.7. The van der Waals surface area contributed by atoms with Gasteiger partial charge >= 0.3 is 6.03 Å². The second-order valence-corrected chi connectivity index (χ2v) is 10.2. The fourth-order valence-electron chi connectivity index (χ4n) is 5.14. The number of amides is 2. The van der Waals surface area contributed by atoms with E-state index in [1.165, 1.54) is 59.5 Å². The predicted octanol–water partition coefficient (Wildman–Crippen LogP) is 4.76. The Morgan fingerprint density at radius 1 is 0.811 bits per heavy atom. The first-order valence-electron chi connectivity index (χ1n) is 11.4. The molecule has 0 spiro atoms. The van der Waals surface area contributed by atoms with E-state index >= 15 is 13.2 Å². The summed E-state index contributed by atoms with van der Waals surface area (Å²) in [5, 5.41) is 0.917. The third kappa shape index (κ3) is 4.02. The molecule has 2 N–H and O–H groups in total. The molecule has 3 aromatic carbocycles. The molecule has 1 heterocycles. The van der Waals surface area contributed by atoms with E-state index in [0.717, 1.165) is 30.4 Å². The lowest BCUT2D eigenvalue weighted by atomic mass is 9.67. The Balaban J connectivity index is 2.00. The molecule has 3 aromatic rings. The van der Waals surface area contributed by atoms with Crippen molar-refractivity contribution in [1.82, 2.24) is 10.2 Å². The van der Waals surface area contributed by atoms with Gasteiger partial charge in [-0.25, -0.2) is 18.0 Å². The van der Waals surface area contributed by atoms with Crippen LogP contribution in [0.5, 0.6) is 0 Å². The summed E-state index contributed by atoms with van der Waals surface area (Å²) >= 11 is 0. The molecule has 0 saturated carbocycles. The van der Waals surface area contributed by atoms with Gasteiger partial charge in [-0.05, 0) is 29.3 Å². The summed E-state index contributed by atoms with van der Waals surface area (Å²) in [5.41, 5.74) is -2.66. The topological polar surface area (TPSA) is 86.7 Å². The molecule has 0 unspecified atom stereocenters. The Labute approximate surface area is 211 Å². The summed E-state index contributed by atoms with van der Waals surface area (Å²) in [4.78, 5) is 14.5. The molecule has 0 bridgehead atoms. The van der Waals surface area contributed by atoms with Crippen LogP contribution in [0.15, 0.2) is 84.9 Å². The minimum atomic E-state index is -4.82. The number of carbonyl (C=O) groups excluding carboxylic acids is 1. The van der Waals surface area contributed by atoms with Crippen molar-refractivity contribution in [1.29, 1.82) is 0 Å². The first kappa shape index (κ1) is 24.8. The van der Waals surface area contributed by atoms with Crippen LogP contribution in [-0.4, -0.2) is 42.2 Å². The average molecular weight is 527 g/mol. The molecule has 0 aromatic heterocycles. The number of benzene rings is 3. The van der Waals surface area contributed by atoms with E-state index in [-0.39, 0.29) is 40.9 Å². The summed E-state index contributed by atoms with van der Waals surface area (Å²) in [7, 11) is -4.82. The zero-order valence-corrected chi connectivity index (χ0v) is 20.1. The lowest BCUT2D eigenvalue weighted by Gasteiger charge is -2.48. The molecule has 1 aliphatic heterocycles. The molecular weight excluding hydrogens is 505 g/mol. The second-order valence-electron chi connectivity index (χ2n) is 8.67. The van der Waals surface area contributed by atoms with E-state index < -0.39 is 44.4 Å². The highest BCUT2D eigenvalue weighted by molar-refractivity contribution is 7.86. The molecule has 0 radical (unpaired) electrons. The molecule has 6 nitrogen and oxygen atoms in total. The van der Waals surface area contributed by atoms with Gasteiger partial charge in [0.25, 0.3) is 10.1 Å². The van der Waals surface area contributed by atoms with Gasteiger partial charge < -0.3 is 10.2 Å². The normalized spacial score (nSPS) is 21.9. The lowest BCUT2D eigenvalue weighted by Crippen LogP contribution is -2.52. The van der Waals surface area contributed by atoms with Gasteiger partial charge in [0.1, 0.15) is 28.2 Å². The third-order valence-electron chi connectivity index (χ3n) is 6.64. The van der Waals surface area contributed by atoms with Crippen molar-refractivity contribution in [3.63, 3.8) is 0 Å². The SMILES string of the molecule is O=C1NCCN1C1(c2ccccc2F)C(c2ccccc2F)=CC(S(=O)(=O)O)C=C1c1ccccc1F. The number of carbonyl (C=O) groups is 1. The number of nitrogens with zero attached hydrogens (tertiary/aromatic N) is 1. The van der Waals surface area contributed by atoms with Gasteiger partial charge in [-0.2, -0.15) is 8.42 Å². The predicted molar refractivity (Wildman–Crippen MR) is 132 cm³/mol. The lowest BCUT2D eigenvalue weighted by molar-refractivity contribution is 0.192. The van der Waals surface area contributed by atoms with E-state index in [4.69, 9.17) is 0 Å². The van der Waals surface area contributed by atoms with Gasteiger partial charge in [-0.1, -0.05) is 66.7 Å². The summed E-state index contributed by atoms with van der Waals surface area (Å²) in [5.74, 6) is -2.34. The molecule has 190 valence electrons. The molecule has 37 heavy (non-hydrogen) atoms. The van der Waals surface area contributed by atoms with Crippen LogP contribution < -0.4 is 5.32 Å². The zero-order chi connectivity index (χ0) is 26.4. The van der Waals surface area contributed by atoms with E-state index in [1.807, 2.05) is 0 Å². The smallest absolute Gasteiger partial charge is 0.318 e. The van der Waals surface area contributed by atoms with Crippen LogP contribution in [0, 0.1) is 17.5 Å². The number of halogens is 3. The van der Waals surface area contributed by atoms with Gasteiger partial charge in [-0.3, -0.25) is 4.55 Å². The standard InChI is InChI=1S/C27H21F3N2O4S/c28-23-10-4-1-7-18(23)21-15-17(37(34,35)36)16-22(19-8-2-5-11-24(19)29)27(21,32-14-13-31-26(32)33)20-9-3-6-12-25(20)30/h1-12,15-17H,13-14H2,(H,31,33)(H,34,35,36). The molecule has 0 atom stereocenters. The van der Waals surface area contributed by atoms with Crippen LogP contribution in [0.4, 0.5) is 18.0 Å². The van der Waals surface area contributed by atoms with Crippen molar-refractivity contribution < 1.29 is 30.9 Å². The highest BCUT2D eigenvalue weighted by Crippen LogP contribution is 2.55. The van der Waals surface area contributed by atoms with Gasteiger partial charge in [-0.15, -0.1) is 0 Å². The maximum absolute atomic E-state index is 15.7. The third-order valence-corrected chi connectivity index (χ3v) is 7.60. The highest BCUT2D eigenvalue weighted by atomic mass is 32.2. The second kappa shape index (κ2) is 9.20. The monoisotopic (exact) mass is 526 g/mol. The van der Waals surface area contributed by atoms with Crippen LogP contribution in [0.3, 0.4) is 0 Å². The molecular formula is C27H21F3N2O4S. The largest absolute Gasteiger partial charge is 0.336 e. The quantitative estimate of drug-likeness (QED) is 0.470. The van der Waals surface area contributed by atoms with Crippen molar-refractivity contribution in [2.75, 3.05) is 13.1 Å². The Kier molecular flexibility index (Phi) is 6.17. The first-order valence-corrected chi connectivity index (χ1v) is 12.9. The number of urea groups is 1. The average Bonchev–Trinajstić information content (AvgIpc) is 3.30. The zero-order valence-electron chi connectivity index (χ0n) is 19.2. The Bertz CT molecular complexity index is 1510. The van der Waals surface area contributed by atoms with Crippen molar-refractivity contribution in [2.45, 2.75) is 10.8 Å². The van der Waals surface area contributed by atoms with Crippen molar-refractivity contribution >= 4 is 27.3 Å². The molecule has 2 aliphatic rings. The Morgan fingerprint density at radius 2 is 1.30 bits per heavy atom. The van der Waals surface area contributed by atoms with Gasteiger partial charge in [0.2, 0.25) is 0 Å². The number of rotatable bonds is 5. The first-order chi connectivity index (χ1) is 17.7. The molecule has 10 heteroatoms. The van der Waals surface area contributed by atoms with Gasteiger partial charge in [0.15, 0.2) is 0 Å². The maximum Gasteiger partial charge on any atom is 0.318 e. The summed E-state index contributed by atoms with van der Waals surface area (Å²) < 4.78 is 81.4. The Hall–Kier alpha value is -3.89. The number of hydrogen-bond acceptors (Lipinski definition) is 3. The molecule has 5 rings (SSSR count). The molecule has 2 amide bonds. The summed E-state index contributed by atoms with van der Waals surface area (Å²) in [6, 6.07) is 15.7. The van der Waals surface area contributed by atoms with Crippen LogP contribution in [0.1, 0.15) is 16.7 Å². The van der Waals surface area contributed by atoms with Gasteiger partial charge in [0, 0.05) is 29.8 Å². The van der Waals surface area contributed by atoms with E-state index in [2.05, 4.69) is 5.32 Å². The number of hydrogen-bond donors (Lipinski definition) is 2. The van der Waals surface area contributed by atoms with Crippen LogP contribution in [0.25, 0.3) is 11.1 Å². The van der Waals surface area contributed by atoms with E-state index in [1.54, 1.807) is 0 Å². The fraction of sp³-hybridized carbons (Fsp3) is 0.148. The molecule has 1 fully saturated rings. The summed E-state index contributed by atoms with van der Waals surface area (Å²) in [6.07, 6.45) is 2.16. The minimum absolute atomic E-state index is 0.0152. The fourth-order valence-corrected chi connectivity index (χ4v) is 5.75. The van der Waals surface area contributed by atoms with Crippen LogP contribution in [0.2, 0.25) is 0 Å². The van der Waals surface area contributed by atoms with Crippen molar-refractivity contribution in [3.8, 4) is 0 Å². The van der Waals surface area contributed by atoms with Gasteiger partial charge in [0.05, 0.1) is 0 Å². The van der Waals surface area contributed by atoms with Crippen molar-refractivity contribution in [2.24, 2.45) is 0 Å². The molecule has 1 aliphatic carbocycles. The Morgan fingerprint density at radius 3 is 1.73 bits per heavy atom. The van der Waals surface area contributed by atoms with E-state index in [9.17, 15) is 17.8 Å². The number of nitrogens with one attached hydrogen (secondary N) is 1. The van der Waals surface area contributed by atoms with E-state index in [0.29, 0.717) is 0 Å². The summed E-state index contributed by atoms with van der Waals surface area (Å²) in [6.45, 7) is 0.174.